The van der Waals surface area contributed by atoms with Crippen molar-refractivity contribution in [2.45, 2.75) is 13.0 Å². The molecule has 1 unspecified atom stereocenters. The first-order valence-electron chi connectivity index (χ1n) is 5.46. The Morgan fingerprint density at radius 1 is 1.53 bits per heavy atom. The maximum Gasteiger partial charge on any atom is 0.263 e. The van der Waals surface area contributed by atoms with E-state index in [0.717, 1.165) is 0 Å². The predicted octanol–water partition coefficient (Wildman–Crippen LogP) is 1.30. The number of hydrogen-bond acceptors (Lipinski definition) is 3. The van der Waals surface area contributed by atoms with Crippen molar-refractivity contribution in [3.8, 4) is 5.75 Å². The average Bonchev–Trinajstić information content (AvgIpc) is 2.30. The Bertz CT molecular complexity index is 496. The van der Waals surface area contributed by atoms with Gasteiger partial charge in [0.15, 0.2) is 6.10 Å². The highest BCUT2D eigenvalue weighted by atomic mass is 79.9. The highest BCUT2D eigenvalue weighted by Crippen LogP contribution is 2.26. The molecule has 0 aliphatic rings. The molecule has 2 N–H and O–H groups in total. The van der Waals surface area contributed by atoms with Crippen molar-refractivity contribution in [2.24, 2.45) is 5.73 Å². The van der Waals surface area contributed by atoms with E-state index < -0.39 is 23.7 Å². The summed E-state index contributed by atoms with van der Waals surface area (Å²) in [5.41, 5.74) is 5.00. The molecule has 5 nitrogen and oxygen atoms in total. The van der Waals surface area contributed by atoms with Gasteiger partial charge in [0.1, 0.15) is 11.6 Å². The SMILES string of the molecule is CC(Oc1ccc(F)cc1Br)C(=O)N(C)CC(N)=O. The zero-order chi connectivity index (χ0) is 14.6. The van der Waals surface area contributed by atoms with Crippen molar-refractivity contribution >= 4 is 27.7 Å². The number of rotatable bonds is 5. The lowest BCUT2D eigenvalue weighted by atomic mass is 10.3. The second-order valence-corrected chi connectivity index (χ2v) is 4.85. The quantitative estimate of drug-likeness (QED) is 0.883. The minimum atomic E-state index is -0.814. The molecule has 1 atom stereocenters. The fourth-order valence-corrected chi connectivity index (χ4v) is 1.88. The lowest BCUT2D eigenvalue weighted by Gasteiger charge is -2.21. The summed E-state index contributed by atoms with van der Waals surface area (Å²) in [5.74, 6) is -1.07. The van der Waals surface area contributed by atoms with Gasteiger partial charge in [-0.05, 0) is 41.1 Å². The largest absolute Gasteiger partial charge is 0.480 e. The van der Waals surface area contributed by atoms with Crippen molar-refractivity contribution in [3.63, 3.8) is 0 Å². The van der Waals surface area contributed by atoms with Crippen molar-refractivity contribution in [3.05, 3.63) is 28.5 Å². The molecule has 7 heteroatoms. The monoisotopic (exact) mass is 332 g/mol. The average molecular weight is 333 g/mol. The molecule has 1 rings (SSSR count). The smallest absolute Gasteiger partial charge is 0.263 e. The van der Waals surface area contributed by atoms with E-state index in [2.05, 4.69) is 15.9 Å². The van der Waals surface area contributed by atoms with Crippen LogP contribution in [-0.2, 0) is 9.59 Å². The number of ether oxygens (including phenoxy) is 1. The molecule has 2 amide bonds. The van der Waals surface area contributed by atoms with E-state index in [1.54, 1.807) is 0 Å². The normalized spacial score (nSPS) is 11.8. The number of likely N-dealkylation sites (N-methyl/N-ethyl adjacent to an activating group) is 1. The number of hydrogen-bond donors (Lipinski definition) is 1. The number of carbonyl (C=O) groups excluding carboxylic acids is 2. The van der Waals surface area contributed by atoms with Crippen LogP contribution in [0.15, 0.2) is 22.7 Å². The molecule has 0 aliphatic heterocycles. The summed E-state index contributed by atoms with van der Waals surface area (Å²) in [6.45, 7) is 1.35. The Labute approximate surface area is 118 Å². The summed E-state index contributed by atoms with van der Waals surface area (Å²) >= 11 is 3.14. The van der Waals surface area contributed by atoms with E-state index >= 15 is 0 Å². The first-order chi connectivity index (χ1) is 8.81. The number of carbonyl (C=O) groups is 2. The third-order valence-electron chi connectivity index (χ3n) is 2.31. The Kier molecular flexibility index (Phi) is 5.29. The summed E-state index contributed by atoms with van der Waals surface area (Å²) in [4.78, 5) is 23.8. The summed E-state index contributed by atoms with van der Waals surface area (Å²) in [7, 11) is 1.45. The lowest BCUT2D eigenvalue weighted by Crippen LogP contribution is -2.42. The van der Waals surface area contributed by atoms with Gasteiger partial charge in [0, 0.05) is 7.05 Å². The van der Waals surface area contributed by atoms with Crippen LogP contribution in [0.1, 0.15) is 6.92 Å². The van der Waals surface area contributed by atoms with E-state index in [4.69, 9.17) is 10.5 Å². The Hall–Kier alpha value is -1.63. The fraction of sp³-hybridized carbons (Fsp3) is 0.333. The predicted molar refractivity (Wildman–Crippen MR) is 71.0 cm³/mol. The molecular formula is C12H14BrFN2O3. The second kappa shape index (κ2) is 6.51. The van der Waals surface area contributed by atoms with Crippen LogP contribution in [0, 0.1) is 5.82 Å². The summed E-state index contributed by atoms with van der Waals surface area (Å²) in [5, 5.41) is 0. The van der Waals surface area contributed by atoms with Crippen molar-refractivity contribution in [2.75, 3.05) is 13.6 Å². The van der Waals surface area contributed by atoms with Gasteiger partial charge in [-0.2, -0.15) is 0 Å². The molecule has 104 valence electrons. The highest BCUT2D eigenvalue weighted by molar-refractivity contribution is 9.10. The van der Waals surface area contributed by atoms with Gasteiger partial charge in [-0.15, -0.1) is 0 Å². The molecule has 0 aromatic heterocycles. The zero-order valence-corrected chi connectivity index (χ0v) is 12.1. The van der Waals surface area contributed by atoms with Crippen LogP contribution in [0.5, 0.6) is 5.75 Å². The molecule has 1 aromatic carbocycles. The van der Waals surface area contributed by atoms with Gasteiger partial charge in [-0.3, -0.25) is 9.59 Å². The molecule has 0 spiro atoms. The number of nitrogens with two attached hydrogens (primary N) is 1. The van der Waals surface area contributed by atoms with Crippen LogP contribution in [0.25, 0.3) is 0 Å². The maximum atomic E-state index is 12.9. The molecule has 0 heterocycles. The van der Waals surface area contributed by atoms with E-state index in [0.29, 0.717) is 10.2 Å². The molecule has 0 saturated heterocycles. The van der Waals surface area contributed by atoms with E-state index in [-0.39, 0.29) is 6.54 Å². The van der Waals surface area contributed by atoms with Gasteiger partial charge in [-0.25, -0.2) is 4.39 Å². The van der Waals surface area contributed by atoms with Gasteiger partial charge in [-0.1, -0.05) is 0 Å². The van der Waals surface area contributed by atoms with Crippen molar-refractivity contribution in [1.29, 1.82) is 0 Å². The minimum Gasteiger partial charge on any atom is -0.480 e. The molecule has 0 aliphatic carbocycles. The molecular weight excluding hydrogens is 319 g/mol. The first kappa shape index (κ1) is 15.4. The van der Waals surface area contributed by atoms with E-state index in [1.165, 1.54) is 37.1 Å². The van der Waals surface area contributed by atoms with E-state index in [9.17, 15) is 14.0 Å². The second-order valence-electron chi connectivity index (χ2n) is 4.00. The third kappa shape index (κ3) is 4.51. The van der Waals surface area contributed by atoms with Crippen molar-refractivity contribution in [1.82, 2.24) is 4.90 Å². The summed E-state index contributed by atoms with van der Waals surface area (Å²) < 4.78 is 18.7. The van der Waals surface area contributed by atoms with Gasteiger partial charge in [0.05, 0.1) is 11.0 Å². The Morgan fingerprint density at radius 2 is 2.16 bits per heavy atom. The highest BCUT2D eigenvalue weighted by Gasteiger charge is 2.21. The number of primary amides is 1. The number of amides is 2. The molecule has 0 saturated carbocycles. The van der Waals surface area contributed by atoms with Gasteiger partial charge in [0.25, 0.3) is 5.91 Å². The third-order valence-corrected chi connectivity index (χ3v) is 2.93. The first-order valence-corrected chi connectivity index (χ1v) is 6.25. The van der Waals surface area contributed by atoms with Crippen LogP contribution < -0.4 is 10.5 Å². The van der Waals surface area contributed by atoms with Crippen LogP contribution >= 0.6 is 15.9 Å². The molecule has 0 radical (unpaired) electrons. The van der Waals surface area contributed by atoms with Crippen LogP contribution in [-0.4, -0.2) is 36.4 Å². The minimum absolute atomic E-state index is 0.183. The van der Waals surface area contributed by atoms with Gasteiger partial charge in [0.2, 0.25) is 5.91 Å². The Balaban J connectivity index is 2.70. The molecule has 0 fully saturated rings. The molecule has 1 aromatic rings. The standard InChI is InChI=1S/C12H14BrFN2O3/c1-7(12(18)16(2)6-11(15)17)19-10-4-3-8(14)5-9(10)13/h3-5,7H,6H2,1-2H3,(H2,15,17). The topological polar surface area (TPSA) is 72.6 Å². The molecule has 0 bridgehead atoms. The number of benzene rings is 1. The van der Waals surface area contributed by atoms with Crippen LogP contribution in [0.2, 0.25) is 0 Å². The zero-order valence-electron chi connectivity index (χ0n) is 10.5. The molecule has 19 heavy (non-hydrogen) atoms. The maximum absolute atomic E-state index is 12.9. The number of nitrogens with zero attached hydrogens (tertiary/aromatic N) is 1. The van der Waals surface area contributed by atoms with Crippen LogP contribution in [0.3, 0.4) is 0 Å². The Morgan fingerprint density at radius 3 is 2.68 bits per heavy atom. The number of halogens is 2. The summed E-state index contributed by atoms with van der Waals surface area (Å²) in [6, 6.07) is 3.88. The van der Waals surface area contributed by atoms with E-state index in [1.807, 2.05) is 0 Å². The summed E-state index contributed by atoms with van der Waals surface area (Å²) in [6.07, 6.45) is -0.814. The van der Waals surface area contributed by atoms with Gasteiger partial charge >= 0.3 is 0 Å². The van der Waals surface area contributed by atoms with Crippen LogP contribution in [0.4, 0.5) is 4.39 Å². The lowest BCUT2D eigenvalue weighted by molar-refractivity contribution is -0.139. The fourth-order valence-electron chi connectivity index (χ4n) is 1.43. The van der Waals surface area contributed by atoms with Crippen molar-refractivity contribution < 1.29 is 18.7 Å². The van der Waals surface area contributed by atoms with Gasteiger partial charge < -0.3 is 15.4 Å².